The maximum absolute atomic E-state index is 12.8. The SMILES string of the molecule is CC1(CO)C(c2c(O)cc(O)c3c(=O)cc(-c4ccccc4Cl)oc23)CCN1O. The van der Waals surface area contributed by atoms with Gasteiger partial charge in [0.2, 0.25) is 0 Å². The summed E-state index contributed by atoms with van der Waals surface area (Å²) < 4.78 is 6.00. The van der Waals surface area contributed by atoms with Crippen molar-refractivity contribution in [2.45, 2.75) is 24.8 Å². The molecule has 0 spiro atoms. The van der Waals surface area contributed by atoms with E-state index in [4.69, 9.17) is 16.0 Å². The fourth-order valence-electron chi connectivity index (χ4n) is 4.10. The number of benzene rings is 2. The molecular weight excluding hydrogens is 398 g/mol. The Morgan fingerprint density at radius 2 is 1.97 bits per heavy atom. The van der Waals surface area contributed by atoms with Crippen LogP contribution in [0.1, 0.15) is 24.8 Å². The molecule has 29 heavy (non-hydrogen) atoms. The van der Waals surface area contributed by atoms with E-state index in [2.05, 4.69) is 0 Å². The number of halogens is 1. The van der Waals surface area contributed by atoms with Crippen LogP contribution in [0.5, 0.6) is 11.5 Å². The zero-order valence-electron chi connectivity index (χ0n) is 15.6. The molecule has 152 valence electrons. The van der Waals surface area contributed by atoms with Gasteiger partial charge in [0.15, 0.2) is 5.43 Å². The Morgan fingerprint density at radius 1 is 1.24 bits per heavy atom. The number of hydrogen-bond donors (Lipinski definition) is 4. The number of rotatable bonds is 3. The maximum Gasteiger partial charge on any atom is 0.197 e. The summed E-state index contributed by atoms with van der Waals surface area (Å²) in [5, 5.41) is 42.4. The van der Waals surface area contributed by atoms with Crippen LogP contribution < -0.4 is 5.43 Å². The molecule has 4 rings (SSSR count). The fraction of sp³-hybridized carbons (Fsp3) is 0.286. The van der Waals surface area contributed by atoms with Crippen LogP contribution in [0.2, 0.25) is 5.02 Å². The maximum atomic E-state index is 12.8. The normalized spacial score (nSPS) is 22.4. The van der Waals surface area contributed by atoms with Crippen molar-refractivity contribution in [3.8, 4) is 22.8 Å². The predicted molar refractivity (Wildman–Crippen MR) is 108 cm³/mol. The number of aromatic hydroxyl groups is 2. The second kappa shape index (κ2) is 7.03. The van der Waals surface area contributed by atoms with E-state index in [0.29, 0.717) is 17.0 Å². The molecule has 0 aliphatic carbocycles. The van der Waals surface area contributed by atoms with Crippen LogP contribution in [-0.2, 0) is 0 Å². The molecule has 4 N–H and O–H groups in total. The van der Waals surface area contributed by atoms with Gasteiger partial charge in [-0.3, -0.25) is 4.79 Å². The lowest BCUT2D eigenvalue weighted by Gasteiger charge is -2.34. The number of nitrogens with zero attached hydrogens (tertiary/aromatic N) is 1. The molecule has 0 bridgehead atoms. The van der Waals surface area contributed by atoms with E-state index < -0.39 is 22.6 Å². The van der Waals surface area contributed by atoms with Gasteiger partial charge in [-0.1, -0.05) is 23.7 Å². The predicted octanol–water partition coefficient (Wildman–Crippen LogP) is 3.45. The number of aliphatic hydroxyl groups excluding tert-OH is 1. The van der Waals surface area contributed by atoms with Crippen molar-refractivity contribution >= 4 is 22.6 Å². The molecular formula is C21H20ClNO6. The van der Waals surface area contributed by atoms with Gasteiger partial charge in [-0.15, -0.1) is 0 Å². The summed E-state index contributed by atoms with van der Waals surface area (Å²) in [4.78, 5) is 12.8. The van der Waals surface area contributed by atoms with Gasteiger partial charge in [-0.25, -0.2) is 0 Å². The summed E-state index contributed by atoms with van der Waals surface area (Å²) in [5.41, 5.74) is -0.853. The molecule has 0 radical (unpaired) electrons. The molecule has 2 heterocycles. The van der Waals surface area contributed by atoms with Gasteiger partial charge in [-0.05, 0) is 25.5 Å². The summed E-state index contributed by atoms with van der Waals surface area (Å²) in [6.45, 7) is 1.53. The standard InChI is InChI=1S/C21H20ClNO6/c1-21(10-24)12(6-7-23(21)28)18-14(25)8-15(26)19-16(27)9-17(29-20(18)19)11-4-2-3-5-13(11)22/h2-5,8-9,12,24-26,28H,6-7,10H2,1H3. The van der Waals surface area contributed by atoms with Crippen molar-refractivity contribution in [3.05, 3.63) is 57.2 Å². The molecule has 1 aliphatic rings. The average molecular weight is 418 g/mol. The highest BCUT2D eigenvalue weighted by Gasteiger charge is 2.47. The first-order valence-corrected chi connectivity index (χ1v) is 9.50. The Balaban J connectivity index is 2.05. The zero-order valence-corrected chi connectivity index (χ0v) is 16.3. The molecule has 1 fully saturated rings. The van der Waals surface area contributed by atoms with Crippen LogP contribution in [0.25, 0.3) is 22.3 Å². The molecule has 1 aliphatic heterocycles. The molecule has 1 saturated heterocycles. The van der Waals surface area contributed by atoms with Gasteiger partial charge in [0.05, 0.1) is 17.2 Å². The van der Waals surface area contributed by atoms with Gasteiger partial charge in [-0.2, -0.15) is 5.06 Å². The topological polar surface area (TPSA) is 114 Å². The smallest absolute Gasteiger partial charge is 0.197 e. The number of phenols is 2. The van der Waals surface area contributed by atoms with E-state index in [1.54, 1.807) is 31.2 Å². The van der Waals surface area contributed by atoms with E-state index in [-0.39, 0.29) is 41.2 Å². The van der Waals surface area contributed by atoms with E-state index >= 15 is 0 Å². The molecule has 3 aromatic rings. The summed E-state index contributed by atoms with van der Waals surface area (Å²) in [6.07, 6.45) is 0.404. The summed E-state index contributed by atoms with van der Waals surface area (Å²) in [6, 6.07) is 9.16. The van der Waals surface area contributed by atoms with Crippen LogP contribution in [0.3, 0.4) is 0 Å². The first-order valence-electron chi connectivity index (χ1n) is 9.13. The van der Waals surface area contributed by atoms with Gasteiger partial charge < -0.3 is 24.9 Å². The summed E-state index contributed by atoms with van der Waals surface area (Å²) in [5.74, 6) is -1.06. The molecule has 0 amide bonds. The monoisotopic (exact) mass is 417 g/mol. The van der Waals surface area contributed by atoms with Gasteiger partial charge in [0, 0.05) is 35.7 Å². The van der Waals surface area contributed by atoms with Crippen molar-refractivity contribution < 1.29 is 24.9 Å². The quantitative estimate of drug-likeness (QED) is 0.516. The van der Waals surface area contributed by atoms with Gasteiger partial charge in [0.1, 0.15) is 28.2 Å². The molecule has 1 aromatic heterocycles. The minimum absolute atomic E-state index is 0.00453. The number of phenolic OH excluding ortho intramolecular Hbond substituents is 2. The molecule has 2 atom stereocenters. The van der Waals surface area contributed by atoms with Crippen LogP contribution >= 0.6 is 11.6 Å². The lowest BCUT2D eigenvalue weighted by atomic mass is 9.81. The highest BCUT2D eigenvalue weighted by Crippen LogP contribution is 2.48. The van der Waals surface area contributed by atoms with Gasteiger partial charge >= 0.3 is 0 Å². The molecule has 2 unspecified atom stereocenters. The lowest BCUT2D eigenvalue weighted by molar-refractivity contribution is -0.159. The number of aliphatic hydroxyl groups is 1. The Bertz CT molecular complexity index is 1160. The third-order valence-electron chi connectivity index (χ3n) is 5.78. The van der Waals surface area contributed by atoms with Crippen molar-refractivity contribution in [1.29, 1.82) is 0 Å². The lowest BCUT2D eigenvalue weighted by Crippen LogP contribution is -2.45. The van der Waals surface area contributed by atoms with Crippen LogP contribution in [0.15, 0.2) is 45.6 Å². The molecule has 7 nitrogen and oxygen atoms in total. The largest absolute Gasteiger partial charge is 0.507 e. The van der Waals surface area contributed by atoms with Crippen molar-refractivity contribution in [2.24, 2.45) is 0 Å². The number of fused-ring (bicyclic) bond motifs is 1. The fourth-order valence-corrected chi connectivity index (χ4v) is 4.33. The highest BCUT2D eigenvalue weighted by molar-refractivity contribution is 6.33. The second-order valence-corrected chi connectivity index (χ2v) is 7.87. The van der Waals surface area contributed by atoms with E-state index in [1.165, 1.54) is 6.07 Å². The van der Waals surface area contributed by atoms with Crippen LogP contribution in [0, 0.1) is 0 Å². The average Bonchev–Trinajstić information content (AvgIpc) is 2.97. The van der Waals surface area contributed by atoms with E-state index in [1.807, 2.05) is 0 Å². The zero-order chi connectivity index (χ0) is 20.9. The Kier molecular flexibility index (Phi) is 4.78. The van der Waals surface area contributed by atoms with Crippen molar-refractivity contribution in [2.75, 3.05) is 13.2 Å². The Labute approximate surface area is 171 Å². The molecule has 8 heteroatoms. The van der Waals surface area contributed by atoms with Crippen molar-refractivity contribution in [1.82, 2.24) is 5.06 Å². The van der Waals surface area contributed by atoms with E-state index in [9.17, 15) is 25.3 Å². The third-order valence-corrected chi connectivity index (χ3v) is 6.11. The Hall–Kier alpha value is -2.58. The minimum Gasteiger partial charge on any atom is -0.507 e. The first kappa shape index (κ1) is 19.7. The van der Waals surface area contributed by atoms with E-state index in [0.717, 1.165) is 11.1 Å². The summed E-state index contributed by atoms with van der Waals surface area (Å²) >= 11 is 6.25. The second-order valence-electron chi connectivity index (χ2n) is 7.47. The molecule has 2 aromatic carbocycles. The Morgan fingerprint density at radius 3 is 2.66 bits per heavy atom. The van der Waals surface area contributed by atoms with Crippen molar-refractivity contribution in [3.63, 3.8) is 0 Å². The van der Waals surface area contributed by atoms with Crippen LogP contribution in [0.4, 0.5) is 0 Å². The first-order chi connectivity index (χ1) is 13.8. The highest BCUT2D eigenvalue weighted by atomic mass is 35.5. The minimum atomic E-state index is -1.10. The summed E-state index contributed by atoms with van der Waals surface area (Å²) in [7, 11) is 0. The third kappa shape index (κ3) is 2.98. The number of hydrogen-bond acceptors (Lipinski definition) is 7. The number of hydroxylamine groups is 2. The molecule has 0 saturated carbocycles. The van der Waals surface area contributed by atoms with Crippen LogP contribution in [-0.4, -0.2) is 44.3 Å². The van der Waals surface area contributed by atoms with Gasteiger partial charge in [0.25, 0.3) is 0 Å².